The highest BCUT2D eigenvalue weighted by Gasteiger charge is 2.28. The maximum Gasteiger partial charge on any atom is 0.203 e. The fraction of sp³-hybridized carbons (Fsp3) is 0.500. The van der Waals surface area contributed by atoms with E-state index in [2.05, 4.69) is 40.7 Å². The molecule has 0 radical (unpaired) electrons. The zero-order chi connectivity index (χ0) is 11.8. The van der Waals surface area contributed by atoms with Gasteiger partial charge in [-0.1, -0.05) is 0 Å². The molecule has 1 aliphatic carbocycles. The van der Waals surface area contributed by atoms with Crippen molar-refractivity contribution in [3.8, 4) is 0 Å². The Kier molecular flexibility index (Phi) is 2.88. The van der Waals surface area contributed by atoms with Crippen molar-refractivity contribution in [3.05, 3.63) is 27.7 Å². The predicted octanol–water partition coefficient (Wildman–Crippen LogP) is 3.96. The van der Waals surface area contributed by atoms with Gasteiger partial charge in [0.15, 0.2) is 0 Å². The molecule has 0 spiro atoms. The summed E-state index contributed by atoms with van der Waals surface area (Å²) in [5, 5.41) is 4.38. The Morgan fingerprint density at radius 3 is 2.88 bits per heavy atom. The summed E-state index contributed by atoms with van der Waals surface area (Å²) in [5.74, 6) is 1.67. The Labute approximate surface area is 109 Å². The van der Waals surface area contributed by atoms with E-state index in [0.29, 0.717) is 12.0 Å². The fourth-order valence-electron chi connectivity index (χ4n) is 1.74. The van der Waals surface area contributed by atoms with Crippen LogP contribution in [0.2, 0.25) is 0 Å². The van der Waals surface area contributed by atoms with Crippen LogP contribution >= 0.6 is 22.9 Å². The van der Waals surface area contributed by atoms with Crippen molar-refractivity contribution >= 4 is 28.0 Å². The van der Waals surface area contributed by atoms with Gasteiger partial charge in [0.05, 0.1) is 6.04 Å². The normalized spacial score (nSPS) is 17.1. The number of rotatable bonds is 4. The number of thiophene rings is 1. The molecule has 3 nitrogen and oxygen atoms in total. The minimum atomic E-state index is 0.314. The first kappa shape index (κ1) is 11.2. The van der Waals surface area contributed by atoms with Crippen LogP contribution < -0.4 is 5.32 Å². The van der Waals surface area contributed by atoms with E-state index in [1.165, 1.54) is 34.1 Å². The third-order valence-corrected chi connectivity index (χ3v) is 4.76. The zero-order valence-electron chi connectivity index (χ0n) is 9.93. The summed E-state index contributed by atoms with van der Waals surface area (Å²) < 4.78 is 4.40. The van der Waals surface area contributed by atoms with Gasteiger partial charge in [0.2, 0.25) is 5.13 Å². The Balaban J connectivity index is 1.68. The summed E-state index contributed by atoms with van der Waals surface area (Å²) in [6.07, 6.45) is 2.52. The van der Waals surface area contributed by atoms with Crippen LogP contribution in [0.5, 0.6) is 0 Å². The number of hydrogen-bond acceptors (Lipinski definition) is 5. The van der Waals surface area contributed by atoms with E-state index in [-0.39, 0.29) is 0 Å². The minimum absolute atomic E-state index is 0.314. The van der Waals surface area contributed by atoms with Crippen molar-refractivity contribution in [2.24, 2.45) is 0 Å². The smallest absolute Gasteiger partial charge is 0.203 e. The van der Waals surface area contributed by atoms with Crippen LogP contribution in [-0.4, -0.2) is 9.36 Å². The Morgan fingerprint density at radius 1 is 1.41 bits per heavy atom. The van der Waals surface area contributed by atoms with Gasteiger partial charge in [0.1, 0.15) is 5.82 Å². The first-order valence-electron chi connectivity index (χ1n) is 5.89. The molecule has 1 atom stereocenters. The number of anilines is 1. The van der Waals surface area contributed by atoms with Crippen LogP contribution in [0.1, 0.15) is 47.3 Å². The van der Waals surface area contributed by atoms with Crippen LogP contribution in [0, 0.1) is 6.92 Å². The standard InChI is InChI=1S/C12H15N3S2/c1-7-3-6-10(16-7)8(2)13-12-14-11(15-17-12)9-4-5-9/h3,6,8-9H,4-5H2,1-2H3,(H,13,14,15). The van der Waals surface area contributed by atoms with E-state index in [4.69, 9.17) is 0 Å². The molecule has 1 N–H and O–H groups in total. The number of nitrogens with zero attached hydrogens (tertiary/aromatic N) is 2. The SMILES string of the molecule is Cc1ccc(C(C)Nc2nc(C3CC3)ns2)s1. The lowest BCUT2D eigenvalue weighted by Crippen LogP contribution is -2.04. The molecule has 0 aromatic carbocycles. The highest BCUT2D eigenvalue weighted by Crippen LogP contribution is 2.39. The largest absolute Gasteiger partial charge is 0.353 e. The second kappa shape index (κ2) is 4.38. The number of hydrogen-bond donors (Lipinski definition) is 1. The number of aryl methyl sites for hydroxylation is 1. The third-order valence-electron chi connectivity index (χ3n) is 2.91. The van der Waals surface area contributed by atoms with Gasteiger partial charge < -0.3 is 5.32 Å². The third kappa shape index (κ3) is 2.50. The van der Waals surface area contributed by atoms with E-state index >= 15 is 0 Å². The van der Waals surface area contributed by atoms with Crippen molar-refractivity contribution in [3.63, 3.8) is 0 Å². The molecule has 0 amide bonds. The molecule has 3 rings (SSSR count). The van der Waals surface area contributed by atoms with Gasteiger partial charge in [-0.05, 0) is 38.8 Å². The fourth-order valence-corrected chi connectivity index (χ4v) is 3.36. The molecule has 1 saturated carbocycles. The Hall–Kier alpha value is -0.940. The van der Waals surface area contributed by atoms with Gasteiger partial charge in [-0.25, -0.2) is 4.98 Å². The van der Waals surface area contributed by atoms with Gasteiger partial charge in [0.25, 0.3) is 0 Å². The molecule has 5 heteroatoms. The molecular formula is C12H15N3S2. The number of nitrogens with one attached hydrogen (secondary N) is 1. The summed E-state index contributed by atoms with van der Waals surface area (Å²) in [5.41, 5.74) is 0. The van der Waals surface area contributed by atoms with Gasteiger partial charge >= 0.3 is 0 Å². The summed E-state index contributed by atoms with van der Waals surface area (Å²) in [6, 6.07) is 4.66. The van der Waals surface area contributed by atoms with Gasteiger partial charge in [-0.15, -0.1) is 11.3 Å². The lowest BCUT2D eigenvalue weighted by atomic mass is 10.3. The van der Waals surface area contributed by atoms with Crippen molar-refractivity contribution in [2.45, 2.75) is 38.6 Å². The molecule has 1 aliphatic rings. The second-order valence-corrected chi connectivity index (χ2v) is 6.62. The molecule has 1 fully saturated rings. The second-order valence-electron chi connectivity index (χ2n) is 4.55. The van der Waals surface area contributed by atoms with Crippen molar-refractivity contribution in [2.75, 3.05) is 5.32 Å². The highest BCUT2D eigenvalue weighted by atomic mass is 32.1. The Morgan fingerprint density at radius 2 is 2.24 bits per heavy atom. The van der Waals surface area contributed by atoms with E-state index < -0.39 is 0 Å². The molecule has 0 saturated heterocycles. The van der Waals surface area contributed by atoms with E-state index in [1.807, 2.05) is 11.3 Å². The lowest BCUT2D eigenvalue weighted by Gasteiger charge is -2.09. The van der Waals surface area contributed by atoms with Crippen molar-refractivity contribution in [1.82, 2.24) is 9.36 Å². The first-order chi connectivity index (χ1) is 8.22. The highest BCUT2D eigenvalue weighted by molar-refractivity contribution is 7.12. The molecule has 17 heavy (non-hydrogen) atoms. The molecule has 0 bridgehead atoms. The number of aromatic nitrogens is 2. The molecular weight excluding hydrogens is 250 g/mol. The first-order valence-corrected chi connectivity index (χ1v) is 7.48. The Bertz CT molecular complexity index is 513. The quantitative estimate of drug-likeness (QED) is 0.909. The molecule has 1 unspecified atom stereocenters. The molecule has 2 heterocycles. The summed E-state index contributed by atoms with van der Waals surface area (Å²) in [7, 11) is 0. The minimum Gasteiger partial charge on any atom is -0.353 e. The van der Waals surface area contributed by atoms with Crippen molar-refractivity contribution in [1.29, 1.82) is 0 Å². The molecule has 90 valence electrons. The summed E-state index contributed by atoms with van der Waals surface area (Å²) in [4.78, 5) is 7.25. The zero-order valence-corrected chi connectivity index (χ0v) is 11.6. The maximum absolute atomic E-state index is 4.55. The van der Waals surface area contributed by atoms with E-state index in [9.17, 15) is 0 Å². The average molecular weight is 265 g/mol. The van der Waals surface area contributed by atoms with Gasteiger partial charge in [-0.2, -0.15) is 4.37 Å². The maximum atomic E-state index is 4.55. The van der Waals surface area contributed by atoms with Gasteiger partial charge in [0, 0.05) is 27.2 Å². The molecule has 0 aliphatic heterocycles. The van der Waals surface area contributed by atoms with Crippen LogP contribution in [-0.2, 0) is 0 Å². The van der Waals surface area contributed by atoms with Crippen LogP contribution in [0.3, 0.4) is 0 Å². The topological polar surface area (TPSA) is 37.8 Å². The molecule has 2 aromatic heterocycles. The summed E-state index contributed by atoms with van der Waals surface area (Å²) >= 11 is 3.31. The van der Waals surface area contributed by atoms with Crippen LogP contribution in [0.25, 0.3) is 0 Å². The monoisotopic (exact) mass is 265 g/mol. The van der Waals surface area contributed by atoms with E-state index in [0.717, 1.165) is 11.0 Å². The van der Waals surface area contributed by atoms with Crippen LogP contribution in [0.4, 0.5) is 5.13 Å². The average Bonchev–Trinajstić information content (AvgIpc) is 2.90. The van der Waals surface area contributed by atoms with Gasteiger partial charge in [-0.3, -0.25) is 0 Å². The molecule has 2 aromatic rings. The van der Waals surface area contributed by atoms with E-state index in [1.54, 1.807) is 0 Å². The lowest BCUT2D eigenvalue weighted by molar-refractivity contribution is 0.895. The summed E-state index contributed by atoms with van der Waals surface area (Å²) in [6.45, 7) is 4.31. The predicted molar refractivity (Wildman–Crippen MR) is 73.0 cm³/mol. The van der Waals surface area contributed by atoms with Crippen LogP contribution in [0.15, 0.2) is 12.1 Å². The van der Waals surface area contributed by atoms with Crippen molar-refractivity contribution < 1.29 is 0 Å².